The van der Waals surface area contributed by atoms with Crippen LogP contribution in [-0.4, -0.2) is 19.6 Å². The molecule has 0 amide bonds. The summed E-state index contributed by atoms with van der Waals surface area (Å²) < 4.78 is 7.94. The molecule has 0 aliphatic carbocycles. The Morgan fingerprint density at radius 2 is 1.76 bits per heavy atom. The fourth-order valence-corrected chi connectivity index (χ4v) is 4.32. The fourth-order valence-electron chi connectivity index (χ4n) is 3.32. The second-order valence-corrected chi connectivity index (χ2v) is 7.51. The highest BCUT2D eigenvalue weighted by Gasteiger charge is 2.16. The molecule has 0 aliphatic rings. The quantitative estimate of drug-likeness (QED) is 0.490. The average Bonchev–Trinajstić information content (AvgIpc) is 3.10. The number of rotatable bonds is 3. The van der Waals surface area contributed by atoms with Crippen molar-refractivity contribution in [2.75, 3.05) is 0 Å². The first-order valence-electron chi connectivity index (χ1n) is 8.95. The number of para-hydroxylation sites is 1. The molecule has 2 aromatic carbocycles. The summed E-state index contributed by atoms with van der Waals surface area (Å²) in [6.45, 7) is 1.58. The highest BCUT2D eigenvalue weighted by Crippen LogP contribution is 2.27. The molecule has 5 rings (SSSR count). The van der Waals surface area contributed by atoms with Crippen LogP contribution in [0.1, 0.15) is 6.92 Å². The van der Waals surface area contributed by atoms with E-state index in [1.54, 1.807) is 23.8 Å². The van der Waals surface area contributed by atoms with Crippen molar-refractivity contribution in [3.63, 3.8) is 0 Å². The number of benzene rings is 2. The fraction of sp³-hybridized carbons (Fsp3) is 0.0455. The Balaban J connectivity index is 1.66. The Kier molecular flexibility index (Phi) is 4.03. The van der Waals surface area contributed by atoms with Crippen LogP contribution in [0, 0.1) is 0 Å². The average molecular weight is 401 g/mol. The zero-order valence-corrected chi connectivity index (χ0v) is 16.2. The third kappa shape index (κ3) is 2.92. The van der Waals surface area contributed by atoms with Gasteiger partial charge in [-0.15, -0.1) is 11.3 Å². The number of hydrogen-bond donors (Lipinski definition) is 1. The Morgan fingerprint density at radius 1 is 1.03 bits per heavy atom. The molecule has 0 radical (unpaired) electrons. The zero-order chi connectivity index (χ0) is 20.0. The standard InChI is InChI=1S/C22H15N3O3S/c1-13(26)20-19-18-17(11-12-23-21(18)29-20)25(22(27)24-19)14-7-9-16(10-8-14)28-15-5-3-2-4-6-15/h2-12,26H,1H3. The van der Waals surface area contributed by atoms with Crippen LogP contribution in [0.5, 0.6) is 11.5 Å². The number of hydrogen-bond acceptors (Lipinski definition) is 6. The molecule has 29 heavy (non-hydrogen) atoms. The van der Waals surface area contributed by atoms with Gasteiger partial charge < -0.3 is 9.84 Å². The maximum Gasteiger partial charge on any atom is 0.353 e. The van der Waals surface area contributed by atoms with Crippen molar-refractivity contribution in [3.8, 4) is 17.2 Å². The van der Waals surface area contributed by atoms with Gasteiger partial charge in [-0.05, 0) is 49.4 Å². The first-order valence-corrected chi connectivity index (χ1v) is 9.76. The van der Waals surface area contributed by atoms with E-state index >= 15 is 0 Å². The molecule has 0 aliphatic heterocycles. The lowest BCUT2D eigenvalue weighted by Crippen LogP contribution is -2.23. The van der Waals surface area contributed by atoms with E-state index in [9.17, 15) is 9.90 Å². The molecule has 0 spiro atoms. The maximum atomic E-state index is 12.9. The molecule has 0 unspecified atom stereocenters. The minimum Gasteiger partial charge on any atom is -0.511 e. The van der Waals surface area contributed by atoms with Crippen molar-refractivity contribution in [1.82, 2.24) is 14.5 Å². The smallest absolute Gasteiger partial charge is 0.353 e. The number of aliphatic hydroxyl groups is 1. The first-order chi connectivity index (χ1) is 14.1. The van der Waals surface area contributed by atoms with E-state index in [1.165, 1.54) is 11.3 Å². The van der Waals surface area contributed by atoms with Crippen LogP contribution >= 0.6 is 11.3 Å². The highest BCUT2D eigenvalue weighted by atomic mass is 32.1. The van der Waals surface area contributed by atoms with Gasteiger partial charge in [0.05, 0.1) is 21.1 Å². The lowest BCUT2D eigenvalue weighted by atomic mass is 10.2. The van der Waals surface area contributed by atoms with Gasteiger partial charge in [0.15, 0.2) is 0 Å². The van der Waals surface area contributed by atoms with Crippen LogP contribution in [-0.2, 0) is 0 Å². The summed E-state index contributed by atoms with van der Waals surface area (Å²) in [7, 11) is 0. The maximum absolute atomic E-state index is 12.9. The van der Waals surface area contributed by atoms with Crippen LogP contribution in [0.15, 0.2) is 71.7 Å². The van der Waals surface area contributed by atoms with Gasteiger partial charge in [0.25, 0.3) is 0 Å². The Bertz CT molecular complexity index is 1450. The molecule has 6 nitrogen and oxygen atoms in total. The van der Waals surface area contributed by atoms with Crippen LogP contribution in [0.3, 0.4) is 0 Å². The van der Waals surface area contributed by atoms with Crippen LogP contribution in [0.4, 0.5) is 0 Å². The predicted molar refractivity (Wildman–Crippen MR) is 114 cm³/mol. The molecule has 3 aromatic heterocycles. The van der Waals surface area contributed by atoms with Crippen LogP contribution in [0.2, 0.25) is 0 Å². The van der Waals surface area contributed by atoms with Crippen molar-refractivity contribution < 1.29 is 9.84 Å². The second kappa shape index (κ2) is 6.72. The van der Waals surface area contributed by atoms with Crippen LogP contribution < -0.4 is 15.0 Å². The Labute approximate surface area is 169 Å². The van der Waals surface area contributed by atoms with Gasteiger partial charge in [0, 0.05) is 6.20 Å². The van der Waals surface area contributed by atoms with E-state index < -0.39 is 5.69 Å². The molecule has 0 saturated heterocycles. The van der Waals surface area contributed by atoms with Gasteiger partial charge >= 0.3 is 5.69 Å². The second-order valence-electron chi connectivity index (χ2n) is 6.51. The highest BCUT2D eigenvalue weighted by molar-refractivity contribution is 7.17. The molecule has 142 valence electrons. The number of thiophene rings is 1. The number of aromatic nitrogens is 3. The van der Waals surface area contributed by atoms with Crippen molar-refractivity contribution in [2.45, 2.75) is 6.92 Å². The zero-order valence-electron chi connectivity index (χ0n) is 15.4. The van der Waals surface area contributed by atoms with E-state index in [-0.39, 0.29) is 5.76 Å². The summed E-state index contributed by atoms with van der Waals surface area (Å²) >= 11 is 1.32. The predicted octanol–water partition coefficient (Wildman–Crippen LogP) is 4.19. The van der Waals surface area contributed by atoms with E-state index in [1.807, 2.05) is 54.6 Å². The van der Waals surface area contributed by atoms with Gasteiger partial charge in [0.1, 0.15) is 27.6 Å². The molecule has 5 aromatic rings. The third-order valence-corrected chi connectivity index (χ3v) is 5.78. The molecule has 3 heterocycles. The number of ether oxygens (including phenoxy) is 1. The van der Waals surface area contributed by atoms with E-state index in [0.717, 1.165) is 16.0 Å². The monoisotopic (exact) mass is 401 g/mol. The third-order valence-electron chi connectivity index (χ3n) is 4.59. The van der Waals surface area contributed by atoms with E-state index in [4.69, 9.17) is 4.74 Å². The minimum atomic E-state index is -0.414. The molecule has 0 atom stereocenters. The molecular formula is C22H15N3O3S. The lowest BCUT2D eigenvalue weighted by Gasteiger charge is -2.11. The normalized spacial score (nSPS) is 12.4. The van der Waals surface area contributed by atoms with Gasteiger partial charge in [-0.3, -0.25) is 4.57 Å². The molecule has 7 heteroatoms. The first kappa shape index (κ1) is 17.4. The van der Waals surface area contributed by atoms with Gasteiger partial charge in [0.2, 0.25) is 0 Å². The molecule has 0 fully saturated rings. The van der Waals surface area contributed by atoms with E-state index in [2.05, 4.69) is 9.97 Å². The summed E-state index contributed by atoms with van der Waals surface area (Å²) in [4.78, 5) is 22.2. The number of pyridine rings is 1. The summed E-state index contributed by atoms with van der Waals surface area (Å²) in [6, 6.07) is 18.6. The molecule has 0 saturated carbocycles. The van der Waals surface area contributed by atoms with Gasteiger partial charge in [-0.2, -0.15) is 4.98 Å². The number of nitrogens with zero attached hydrogens (tertiary/aromatic N) is 3. The van der Waals surface area contributed by atoms with Gasteiger partial charge in [-0.25, -0.2) is 9.78 Å². The molecular weight excluding hydrogens is 386 g/mol. The number of aliphatic hydroxyl groups excluding tert-OH is 1. The minimum absolute atomic E-state index is 0.126. The van der Waals surface area contributed by atoms with E-state index in [0.29, 0.717) is 27.0 Å². The summed E-state index contributed by atoms with van der Waals surface area (Å²) in [5.74, 6) is 1.54. The summed E-state index contributed by atoms with van der Waals surface area (Å²) in [5, 5.41) is 10.7. The summed E-state index contributed by atoms with van der Waals surface area (Å²) in [6.07, 6.45) is 1.66. The largest absolute Gasteiger partial charge is 0.511 e. The van der Waals surface area contributed by atoms with Gasteiger partial charge in [-0.1, -0.05) is 18.2 Å². The SMILES string of the molecule is CC(O)=c1sc2nccc3c2c1nc(=O)n3-c1ccc(Oc2ccccc2)cc1. The Hall–Kier alpha value is -3.71. The summed E-state index contributed by atoms with van der Waals surface area (Å²) in [5.41, 5.74) is 1.45. The Morgan fingerprint density at radius 3 is 2.48 bits per heavy atom. The lowest BCUT2D eigenvalue weighted by molar-refractivity contribution is 0.482. The van der Waals surface area contributed by atoms with Crippen molar-refractivity contribution >= 4 is 38.3 Å². The molecule has 1 N–H and O–H groups in total. The topological polar surface area (TPSA) is 77.2 Å². The van der Waals surface area contributed by atoms with Crippen molar-refractivity contribution in [2.24, 2.45) is 0 Å². The molecule has 0 bridgehead atoms. The van der Waals surface area contributed by atoms with Crippen molar-refractivity contribution in [3.05, 3.63) is 81.9 Å². The van der Waals surface area contributed by atoms with Crippen molar-refractivity contribution in [1.29, 1.82) is 0 Å². The van der Waals surface area contributed by atoms with Crippen LogP contribution in [0.25, 0.3) is 32.7 Å².